The Morgan fingerprint density at radius 3 is 1.80 bits per heavy atom. The number of nitrogens with zero attached hydrogens (tertiary/aromatic N) is 2. The molecule has 0 fully saturated rings. The Balaban J connectivity index is 1.19. The van der Waals surface area contributed by atoms with Crippen LogP contribution in [0.25, 0.3) is 92.9 Å². The highest BCUT2D eigenvalue weighted by Gasteiger charge is 2.16. The van der Waals surface area contributed by atoms with Gasteiger partial charge in [-0.3, -0.25) is 4.40 Å². The lowest BCUT2D eigenvalue weighted by molar-refractivity contribution is 1.32. The highest BCUT2D eigenvalue weighted by atomic mass is 15.0. The van der Waals surface area contributed by atoms with Crippen molar-refractivity contribution < 1.29 is 0 Å². The van der Waals surface area contributed by atoms with Crippen molar-refractivity contribution >= 4 is 70.7 Å². The predicted octanol–water partition coefficient (Wildman–Crippen LogP) is 11.6. The van der Waals surface area contributed by atoms with Gasteiger partial charge < -0.3 is 0 Å². The minimum Gasteiger partial charge on any atom is -0.292 e. The van der Waals surface area contributed by atoms with Gasteiger partial charge in [0.15, 0.2) is 0 Å². The van der Waals surface area contributed by atoms with E-state index in [0.717, 1.165) is 16.7 Å². The Morgan fingerprint density at radius 1 is 0.356 bits per heavy atom. The summed E-state index contributed by atoms with van der Waals surface area (Å²) in [7, 11) is 0. The second kappa shape index (κ2) is 9.25. The van der Waals surface area contributed by atoms with Gasteiger partial charge in [-0.2, -0.15) is 0 Å². The number of rotatable bonds is 2. The fourth-order valence-corrected chi connectivity index (χ4v) is 7.36. The molecule has 0 saturated heterocycles. The van der Waals surface area contributed by atoms with E-state index in [-0.39, 0.29) is 0 Å². The lowest BCUT2D eigenvalue weighted by Gasteiger charge is -2.13. The van der Waals surface area contributed by atoms with Crippen LogP contribution < -0.4 is 0 Å². The van der Waals surface area contributed by atoms with Gasteiger partial charge in [0.05, 0.1) is 16.6 Å². The maximum absolute atomic E-state index is 5.12. The fourth-order valence-electron chi connectivity index (χ4n) is 7.36. The molecule has 0 bridgehead atoms. The summed E-state index contributed by atoms with van der Waals surface area (Å²) in [4.78, 5) is 5.12. The van der Waals surface area contributed by atoms with Crippen LogP contribution >= 0.6 is 0 Å². The summed E-state index contributed by atoms with van der Waals surface area (Å²) in [5, 5.41) is 11.2. The largest absolute Gasteiger partial charge is 0.292 e. The Labute approximate surface area is 259 Å². The number of para-hydroxylation sites is 2. The van der Waals surface area contributed by atoms with Crippen LogP contribution in [0.2, 0.25) is 0 Å². The standard InChI is InChI=1S/C43H26N2/c1-2-10-30-25-39-37(23-29(30)9-1)38-24-31(21-22-41(38)45-42-16-8-7-15-40(42)44-43(39)45)27-17-19-28(20-18-27)36-26-32-11-3-4-12-33(32)34-13-5-6-14-35(34)36/h1-26H. The maximum Gasteiger partial charge on any atom is 0.146 e. The van der Waals surface area contributed by atoms with Crippen molar-refractivity contribution in [2.45, 2.75) is 0 Å². The van der Waals surface area contributed by atoms with Crippen molar-refractivity contribution in [3.63, 3.8) is 0 Å². The molecule has 208 valence electrons. The van der Waals surface area contributed by atoms with E-state index in [0.29, 0.717) is 0 Å². The lowest BCUT2D eigenvalue weighted by atomic mass is 9.92. The number of hydrogen-bond acceptors (Lipinski definition) is 1. The molecule has 45 heavy (non-hydrogen) atoms. The van der Waals surface area contributed by atoms with E-state index in [1.54, 1.807) is 0 Å². The summed E-state index contributed by atoms with van der Waals surface area (Å²) in [5.41, 5.74) is 9.22. The molecular weight excluding hydrogens is 544 g/mol. The summed E-state index contributed by atoms with van der Waals surface area (Å²) in [6.45, 7) is 0. The molecule has 0 aliphatic heterocycles. The molecule has 0 atom stereocenters. The van der Waals surface area contributed by atoms with Crippen LogP contribution in [-0.4, -0.2) is 9.38 Å². The molecular formula is C43H26N2. The van der Waals surface area contributed by atoms with Crippen LogP contribution in [0.5, 0.6) is 0 Å². The van der Waals surface area contributed by atoms with Crippen LogP contribution in [0.1, 0.15) is 0 Å². The molecule has 2 heteroatoms. The van der Waals surface area contributed by atoms with Crippen molar-refractivity contribution in [2.24, 2.45) is 0 Å². The third kappa shape index (κ3) is 3.60. The molecule has 0 saturated carbocycles. The SMILES string of the molecule is c1ccc2cc3c(cc2c1)c1cc(-c2ccc(-c4cc5ccccc5c5ccccc45)cc2)ccc1n1c2ccccc2nc31. The lowest BCUT2D eigenvalue weighted by Crippen LogP contribution is -1.93. The van der Waals surface area contributed by atoms with E-state index < -0.39 is 0 Å². The topological polar surface area (TPSA) is 17.3 Å². The van der Waals surface area contributed by atoms with E-state index in [1.165, 1.54) is 76.2 Å². The quantitative estimate of drug-likeness (QED) is 0.149. The highest BCUT2D eigenvalue weighted by Crippen LogP contribution is 2.38. The maximum atomic E-state index is 5.12. The van der Waals surface area contributed by atoms with Crippen LogP contribution in [0.4, 0.5) is 0 Å². The molecule has 0 unspecified atom stereocenters. The molecule has 0 amide bonds. The zero-order chi connectivity index (χ0) is 29.5. The number of benzene rings is 8. The van der Waals surface area contributed by atoms with Gasteiger partial charge in [-0.15, -0.1) is 0 Å². The van der Waals surface area contributed by atoms with Gasteiger partial charge >= 0.3 is 0 Å². The summed E-state index contributed by atoms with van der Waals surface area (Å²) in [5.74, 6) is 0. The first kappa shape index (κ1) is 24.5. The van der Waals surface area contributed by atoms with E-state index >= 15 is 0 Å². The van der Waals surface area contributed by atoms with Gasteiger partial charge in [0.2, 0.25) is 0 Å². The molecule has 2 aromatic heterocycles. The third-order valence-electron chi connectivity index (χ3n) is 9.51. The van der Waals surface area contributed by atoms with Crippen molar-refractivity contribution in [1.29, 1.82) is 0 Å². The Morgan fingerprint density at radius 2 is 0.978 bits per heavy atom. The zero-order valence-electron chi connectivity index (χ0n) is 24.4. The molecule has 2 heterocycles. The van der Waals surface area contributed by atoms with E-state index in [4.69, 9.17) is 4.98 Å². The average molecular weight is 571 g/mol. The van der Waals surface area contributed by atoms with Crippen molar-refractivity contribution in [3.8, 4) is 22.3 Å². The van der Waals surface area contributed by atoms with Crippen molar-refractivity contribution in [3.05, 3.63) is 158 Å². The van der Waals surface area contributed by atoms with Crippen molar-refractivity contribution in [1.82, 2.24) is 9.38 Å². The second-order valence-electron chi connectivity index (χ2n) is 12.0. The molecule has 10 aromatic rings. The summed E-state index contributed by atoms with van der Waals surface area (Å²) >= 11 is 0. The number of pyridine rings is 1. The molecule has 0 spiro atoms. The summed E-state index contributed by atoms with van der Waals surface area (Å²) < 4.78 is 2.33. The number of hydrogen-bond donors (Lipinski definition) is 0. The normalized spacial score (nSPS) is 12.0. The van der Waals surface area contributed by atoms with Gasteiger partial charge in [0.25, 0.3) is 0 Å². The van der Waals surface area contributed by atoms with Crippen LogP contribution in [0.3, 0.4) is 0 Å². The summed E-state index contributed by atoms with van der Waals surface area (Å²) in [6.07, 6.45) is 0. The Kier molecular flexibility index (Phi) is 5.03. The van der Waals surface area contributed by atoms with Gasteiger partial charge in [0.1, 0.15) is 5.65 Å². The summed E-state index contributed by atoms with van der Waals surface area (Å²) in [6, 6.07) is 57.4. The second-order valence-corrected chi connectivity index (χ2v) is 12.0. The molecule has 0 aliphatic carbocycles. The van der Waals surface area contributed by atoms with Gasteiger partial charge in [-0.25, -0.2) is 4.98 Å². The van der Waals surface area contributed by atoms with E-state index in [2.05, 4.69) is 162 Å². The molecule has 0 N–H and O–H groups in total. The molecule has 0 radical (unpaired) electrons. The first-order chi connectivity index (χ1) is 22.3. The first-order valence-corrected chi connectivity index (χ1v) is 15.5. The van der Waals surface area contributed by atoms with E-state index in [9.17, 15) is 0 Å². The average Bonchev–Trinajstić information content (AvgIpc) is 3.51. The number of fused-ring (bicyclic) bond motifs is 12. The molecule has 10 rings (SSSR count). The van der Waals surface area contributed by atoms with Crippen LogP contribution in [0, 0.1) is 0 Å². The highest BCUT2D eigenvalue weighted by molar-refractivity contribution is 6.18. The van der Waals surface area contributed by atoms with E-state index in [1.807, 2.05) is 0 Å². The van der Waals surface area contributed by atoms with Gasteiger partial charge in [0, 0.05) is 10.8 Å². The third-order valence-corrected chi connectivity index (χ3v) is 9.51. The Bertz CT molecular complexity index is 2800. The molecule has 8 aromatic carbocycles. The minimum atomic E-state index is 1.00. The number of aromatic nitrogens is 2. The van der Waals surface area contributed by atoms with Crippen LogP contribution in [0.15, 0.2) is 158 Å². The van der Waals surface area contributed by atoms with Crippen molar-refractivity contribution in [2.75, 3.05) is 0 Å². The number of imidazole rings is 1. The van der Waals surface area contributed by atoms with Crippen LogP contribution in [-0.2, 0) is 0 Å². The van der Waals surface area contributed by atoms with Gasteiger partial charge in [-0.1, -0.05) is 115 Å². The smallest absolute Gasteiger partial charge is 0.146 e. The fraction of sp³-hybridized carbons (Fsp3) is 0. The Hall–Kier alpha value is -5.99. The predicted molar refractivity (Wildman–Crippen MR) is 191 cm³/mol. The monoisotopic (exact) mass is 570 g/mol. The minimum absolute atomic E-state index is 1.00. The molecule has 0 aliphatic rings. The first-order valence-electron chi connectivity index (χ1n) is 15.5. The molecule has 2 nitrogen and oxygen atoms in total. The zero-order valence-corrected chi connectivity index (χ0v) is 24.4. The van der Waals surface area contributed by atoms with Gasteiger partial charge in [-0.05, 0) is 102 Å².